The number of anilines is 1. The van der Waals surface area contributed by atoms with E-state index < -0.39 is 0 Å². The molecule has 1 atom stereocenters. The molecule has 31 heavy (non-hydrogen) atoms. The molecule has 0 aliphatic rings. The van der Waals surface area contributed by atoms with Gasteiger partial charge >= 0.3 is 0 Å². The number of carbonyl (C=O) groups is 1. The number of hydrogen-bond acceptors (Lipinski definition) is 7. The number of nitrogens with one attached hydrogen (secondary N) is 1. The Balaban J connectivity index is 1.69. The second-order valence-electron chi connectivity index (χ2n) is 7.10. The smallest absolute Gasteiger partial charge is 0.234 e. The first kappa shape index (κ1) is 22.5. The van der Waals surface area contributed by atoms with Gasteiger partial charge in [-0.15, -0.1) is 10.2 Å². The Bertz CT molecular complexity index is 1040. The number of phenolic OH excluding ortho intramolecular Hbond substituents is 1. The summed E-state index contributed by atoms with van der Waals surface area (Å²) < 4.78 is 13.2. The second kappa shape index (κ2) is 10.2. The fourth-order valence-electron chi connectivity index (χ4n) is 2.98. The number of hydrogen-bond donors (Lipinski definition) is 2. The van der Waals surface area contributed by atoms with E-state index >= 15 is 0 Å². The number of ether oxygens (including phenoxy) is 2. The van der Waals surface area contributed by atoms with Crippen LogP contribution < -0.4 is 14.8 Å². The number of methoxy groups -OCH3 is 1. The number of amides is 1. The van der Waals surface area contributed by atoms with Crippen molar-refractivity contribution in [2.45, 2.75) is 38.1 Å². The molecule has 3 rings (SSSR count). The summed E-state index contributed by atoms with van der Waals surface area (Å²) in [5.74, 6) is 1.96. The van der Waals surface area contributed by atoms with Crippen LogP contribution in [0.1, 0.15) is 38.7 Å². The van der Waals surface area contributed by atoms with Crippen molar-refractivity contribution in [1.82, 2.24) is 14.8 Å². The molecule has 9 heteroatoms. The van der Waals surface area contributed by atoms with Crippen LogP contribution in [0.4, 0.5) is 5.69 Å². The van der Waals surface area contributed by atoms with Gasteiger partial charge in [-0.25, -0.2) is 0 Å². The van der Waals surface area contributed by atoms with E-state index in [0.717, 1.165) is 0 Å². The molecule has 1 amide bonds. The molecular formula is C22H26N4O4S. The van der Waals surface area contributed by atoms with E-state index in [1.54, 1.807) is 25.3 Å². The number of aromatic hydroxyl groups is 1. The summed E-state index contributed by atoms with van der Waals surface area (Å²) in [5.41, 5.74) is 0.374. The van der Waals surface area contributed by atoms with Crippen molar-refractivity contribution in [2.75, 3.05) is 18.2 Å². The zero-order chi connectivity index (χ0) is 22.4. The summed E-state index contributed by atoms with van der Waals surface area (Å²) in [6.07, 6.45) is -0.355. The molecule has 0 aliphatic carbocycles. The van der Waals surface area contributed by atoms with Crippen LogP contribution in [0, 0.1) is 0 Å². The van der Waals surface area contributed by atoms with E-state index in [9.17, 15) is 9.90 Å². The lowest BCUT2D eigenvalue weighted by Gasteiger charge is -2.19. The van der Waals surface area contributed by atoms with Crippen LogP contribution in [0.25, 0.3) is 0 Å². The highest BCUT2D eigenvalue weighted by Crippen LogP contribution is 2.29. The molecule has 1 unspecified atom stereocenters. The maximum Gasteiger partial charge on any atom is 0.234 e. The molecule has 2 N–H and O–H groups in total. The molecule has 3 aromatic rings. The van der Waals surface area contributed by atoms with Gasteiger partial charge in [-0.3, -0.25) is 4.79 Å². The summed E-state index contributed by atoms with van der Waals surface area (Å²) in [6, 6.07) is 14.1. The van der Waals surface area contributed by atoms with Crippen molar-refractivity contribution < 1.29 is 19.4 Å². The number of phenols is 1. The van der Waals surface area contributed by atoms with Gasteiger partial charge in [-0.05, 0) is 45.0 Å². The molecule has 2 aromatic carbocycles. The number of nitrogens with zero attached hydrogens (tertiary/aromatic N) is 3. The molecule has 0 saturated heterocycles. The largest absolute Gasteiger partial charge is 0.506 e. The summed E-state index contributed by atoms with van der Waals surface area (Å²) in [7, 11) is 1.61. The van der Waals surface area contributed by atoms with Crippen molar-refractivity contribution >= 4 is 23.4 Å². The predicted molar refractivity (Wildman–Crippen MR) is 120 cm³/mol. The van der Waals surface area contributed by atoms with Crippen molar-refractivity contribution in [3.63, 3.8) is 0 Å². The highest BCUT2D eigenvalue weighted by Gasteiger charge is 2.22. The Hall–Kier alpha value is -3.20. The SMILES string of the molecule is COc1cccc(OC(C)c2nnc(SCC(=O)Nc3ccccc3O)n2C(C)C)c1. The van der Waals surface area contributed by atoms with Crippen molar-refractivity contribution in [1.29, 1.82) is 0 Å². The summed E-state index contributed by atoms with van der Waals surface area (Å²) in [4.78, 5) is 12.3. The van der Waals surface area contributed by atoms with Crippen molar-refractivity contribution in [3.05, 3.63) is 54.4 Å². The van der Waals surface area contributed by atoms with E-state index in [1.807, 2.05) is 49.6 Å². The van der Waals surface area contributed by atoms with E-state index in [2.05, 4.69) is 15.5 Å². The minimum absolute atomic E-state index is 0.0250. The average Bonchev–Trinajstić information content (AvgIpc) is 3.18. The first-order valence-corrected chi connectivity index (χ1v) is 10.8. The fraction of sp³-hybridized carbons (Fsp3) is 0.318. The van der Waals surface area contributed by atoms with Gasteiger partial charge in [-0.2, -0.15) is 0 Å². The van der Waals surface area contributed by atoms with E-state index in [1.165, 1.54) is 17.8 Å². The maximum absolute atomic E-state index is 12.3. The van der Waals surface area contributed by atoms with Crippen LogP contribution in [0.3, 0.4) is 0 Å². The Morgan fingerprint density at radius 2 is 1.87 bits per heavy atom. The van der Waals surface area contributed by atoms with Crippen molar-refractivity contribution in [2.24, 2.45) is 0 Å². The standard InChI is InChI=1S/C22H26N4O4S/c1-14(2)26-21(15(3)30-17-9-7-8-16(12-17)29-4)24-25-22(26)31-13-20(28)23-18-10-5-6-11-19(18)27/h5-12,14-15,27H,13H2,1-4H3,(H,23,28). The van der Waals surface area contributed by atoms with Gasteiger partial charge in [0.2, 0.25) is 5.91 Å². The third-order valence-electron chi connectivity index (χ3n) is 4.44. The highest BCUT2D eigenvalue weighted by atomic mass is 32.2. The van der Waals surface area contributed by atoms with Gasteiger partial charge in [-0.1, -0.05) is 30.0 Å². The number of aromatic nitrogens is 3. The minimum Gasteiger partial charge on any atom is -0.506 e. The lowest BCUT2D eigenvalue weighted by Crippen LogP contribution is -2.16. The third-order valence-corrected chi connectivity index (χ3v) is 5.38. The van der Waals surface area contributed by atoms with Crippen LogP contribution in [-0.4, -0.2) is 38.6 Å². The normalized spacial score (nSPS) is 11.9. The molecule has 0 spiro atoms. The second-order valence-corrected chi connectivity index (χ2v) is 8.04. The minimum atomic E-state index is -0.355. The fourth-order valence-corrected chi connectivity index (χ4v) is 3.85. The average molecular weight is 443 g/mol. The topological polar surface area (TPSA) is 98.5 Å². The van der Waals surface area contributed by atoms with E-state index in [4.69, 9.17) is 9.47 Å². The lowest BCUT2D eigenvalue weighted by atomic mass is 10.3. The van der Waals surface area contributed by atoms with Gasteiger partial charge in [0.25, 0.3) is 0 Å². The predicted octanol–water partition coefficient (Wildman–Crippen LogP) is 4.44. The zero-order valence-electron chi connectivity index (χ0n) is 17.9. The molecule has 0 radical (unpaired) electrons. The molecule has 0 bridgehead atoms. The summed E-state index contributed by atoms with van der Waals surface area (Å²) in [5, 5.41) is 21.7. The number of para-hydroxylation sites is 2. The summed E-state index contributed by atoms with van der Waals surface area (Å²) >= 11 is 1.28. The molecule has 1 aromatic heterocycles. The van der Waals surface area contributed by atoms with Crippen molar-refractivity contribution in [3.8, 4) is 17.2 Å². The molecule has 1 heterocycles. The third kappa shape index (κ3) is 5.69. The molecule has 0 aliphatic heterocycles. The van der Waals surface area contributed by atoms with Crippen LogP contribution >= 0.6 is 11.8 Å². The molecule has 0 fully saturated rings. The molecule has 164 valence electrons. The van der Waals surface area contributed by atoms with E-state index in [0.29, 0.717) is 28.2 Å². The number of carbonyl (C=O) groups excluding carboxylic acids is 1. The van der Waals surface area contributed by atoms with Gasteiger partial charge in [0.15, 0.2) is 17.1 Å². The monoisotopic (exact) mass is 442 g/mol. The van der Waals surface area contributed by atoms with Crippen LogP contribution in [-0.2, 0) is 4.79 Å². The van der Waals surface area contributed by atoms with Crippen LogP contribution in [0.15, 0.2) is 53.7 Å². The molecule has 0 saturated carbocycles. The zero-order valence-corrected chi connectivity index (χ0v) is 18.7. The molecule has 8 nitrogen and oxygen atoms in total. The number of benzene rings is 2. The van der Waals surface area contributed by atoms with Crippen LogP contribution in [0.5, 0.6) is 17.2 Å². The van der Waals surface area contributed by atoms with Crippen LogP contribution in [0.2, 0.25) is 0 Å². The molecular weight excluding hydrogens is 416 g/mol. The Morgan fingerprint density at radius 3 is 2.58 bits per heavy atom. The van der Waals surface area contributed by atoms with Gasteiger partial charge in [0.1, 0.15) is 17.2 Å². The summed E-state index contributed by atoms with van der Waals surface area (Å²) in [6.45, 7) is 5.95. The van der Waals surface area contributed by atoms with Gasteiger partial charge in [0.05, 0.1) is 18.6 Å². The first-order valence-electron chi connectivity index (χ1n) is 9.85. The van der Waals surface area contributed by atoms with Gasteiger partial charge < -0.3 is 24.5 Å². The van der Waals surface area contributed by atoms with E-state index in [-0.39, 0.29) is 29.6 Å². The Kier molecular flexibility index (Phi) is 7.41. The van der Waals surface area contributed by atoms with Gasteiger partial charge in [0, 0.05) is 12.1 Å². The number of rotatable bonds is 9. The quantitative estimate of drug-likeness (QED) is 0.373. The Morgan fingerprint density at radius 1 is 1.13 bits per heavy atom. The maximum atomic E-state index is 12.3. The first-order chi connectivity index (χ1) is 14.9. The highest BCUT2D eigenvalue weighted by molar-refractivity contribution is 7.99. The number of thioether (sulfide) groups is 1. The lowest BCUT2D eigenvalue weighted by molar-refractivity contribution is -0.113. The Labute approximate surface area is 185 Å².